The molecule has 0 radical (unpaired) electrons. The minimum absolute atomic E-state index is 0.845. The Kier molecular flexibility index (Phi) is 3.92. The number of nitrogens with one attached hydrogen (secondary N) is 2. The quantitative estimate of drug-likeness (QED) is 0.540. The van der Waals surface area contributed by atoms with Gasteiger partial charge in [-0.05, 0) is 30.5 Å². The van der Waals surface area contributed by atoms with E-state index in [0.29, 0.717) is 0 Å². The van der Waals surface area contributed by atoms with Gasteiger partial charge in [0.2, 0.25) is 0 Å². The van der Waals surface area contributed by atoms with Crippen LogP contribution < -0.4 is 4.74 Å². The highest BCUT2D eigenvalue weighted by Gasteiger charge is 2.04. The Bertz CT molecular complexity index is 678. The van der Waals surface area contributed by atoms with Gasteiger partial charge in [-0.3, -0.25) is 5.10 Å². The third kappa shape index (κ3) is 2.96. The molecule has 3 rings (SSSR count). The van der Waals surface area contributed by atoms with Gasteiger partial charge in [0.15, 0.2) is 5.16 Å². The number of aryl methyl sites for hydroxylation is 1. The van der Waals surface area contributed by atoms with Gasteiger partial charge in [0.05, 0.1) is 24.3 Å². The van der Waals surface area contributed by atoms with Crippen molar-refractivity contribution in [3.8, 4) is 5.75 Å². The number of hydrogen-bond acceptors (Lipinski definition) is 4. The van der Waals surface area contributed by atoms with Gasteiger partial charge in [-0.1, -0.05) is 11.8 Å². The molecule has 20 heavy (non-hydrogen) atoms. The van der Waals surface area contributed by atoms with Crippen molar-refractivity contribution in [2.45, 2.75) is 18.0 Å². The molecule has 0 fully saturated rings. The highest BCUT2D eigenvalue weighted by atomic mass is 32.2. The van der Waals surface area contributed by atoms with E-state index in [1.54, 1.807) is 18.9 Å². The van der Waals surface area contributed by atoms with Crippen molar-refractivity contribution >= 4 is 22.8 Å². The molecule has 0 unspecified atom stereocenters. The molecule has 2 aromatic heterocycles. The SMILES string of the molecule is COc1ccc2nc(SCCCc3cn[nH]c3)[nH]c2c1. The molecule has 0 aliphatic carbocycles. The molecule has 0 bridgehead atoms. The fourth-order valence-corrected chi connectivity index (χ4v) is 2.85. The number of benzene rings is 1. The average molecular weight is 288 g/mol. The number of rotatable bonds is 6. The molecular formula is C14H16N4OS. The van der Waals surface area contributed by atoms with Crippen LogP contribution in [0.15, 0.2) is 35.7 Å². The minimum atomic E-state index is 0.845. The van der Waals surface area contributed by atoms with E-state index in [0.717, 1.165) is 40.5 Å². The third-order valence-electron chi connectivity index (χ3n) is 3.07. The number of ether oxygens (including phenoxy) is 1. The van der Waals surface area contributed by atoms with Crippen LogP contribution >= 0.6 is 11.8 Å². The van der Waals surface area contributed by atoms with Gasteiger partial charge in [0.25, 0.3) is 0 Å². The molecule has 0 amide bonds. The topological polar surface area (TPSA) is 66.6 Å². The molecule has 0 aliphatic heterocycles. The molecule has 2 heterocycles. The summed E-state index contributed by atoms with van der Waals surface area (Å²) < 4.78 is 5.21. The lowest BCUT2D eigenvalue weighted by atomic mass is 10.2. The second-order valence-electron chi connectivity index (χ2n) is 4.48. The number of hydrogen-bond donors (Lipinski definition) is 2. The normalized spacial score (nSPS) is 11.1. The van der Waals surface area contributed by atoms with Crippen LogP contribution in [0.4, 0.5) is 0 Å². The zero-order valence-electron chi connectivity index (χ0n) is 11.2. The Hall–Kier alpha value is -1.95. The van der Waals surface area contributed by atoms with E-state index >= 15 is 0 Å². The Balaban J connectivity index is 1.57. The van der Waals surface area contributed by atoms with Crippen LogP contribution in [0.25, 0.3) is 11.0 Å². The van der Waals surface area contributed by atoms with Crippen LogP contribution in [0.2, 0.25) is 0 Å². The molecule has 6 heteroatoms. The van der Waals surface area contributed by atoms with Gasteiger partial charge in [0, 0.05) is 18.0 Å². The maximum Gasteiger partial charge on any atom is 0.166 e. The van der Waals surface area contributed by atoms with E-state index in [2.05, 4.69) is 20.2 Å². The molecule has 2 N–H and O–H groups in total. The molecule has 0 saturated heterocycles. The van der Waals surface area contributed by atoms with Crippen molar-refractivity contribution in [2.24, 2.45) is 0 Å². The van der Waals surface area contributed by atoms with Crippen LogP contribution in [-0.2, 0) is 6.42 Å². The Labute approximate surface area is 121 Å². The summed E-state index contributed by atoms with van der Waals surface area (Å²) in [5.41, 5.74) is 3.24. The van der Waals surface area contributed by atoms with Gasteiger partial charge >= 0.3 is 0 Å². The van der Waals surface area contributed by atoms with E-state index < -0.39 is 0 Å². The molecule has 0 atom stereocenters. The smallest absolute Gasteiger partial charge is 0.166 e. The first kappa shape index (κ1) is 13.1. The summed E-state index contributed by atoms with van der Waals surface area (Å²) in [7, 11) is 1.67. The van der Waals surface area contributed by atoms with Crippen molar-refractivity contribution < 1.29 is 4.74 Å². The molecule has 0 spiro atoms. The van der Waals surface area contributed by atoms with E-state index in [9.17, 15) is 0 Å². The molecule has 0 aliphatic rings. The summed E-state index contributed by atoms with van der Waals surface area (Å²) in [6, 6.07) is 5.87. The lowest BCUT2D eigenvalue weighted by Crippen LogP contribution is -1.86. The molecule has 0 saturated carbocycles. The Morgan fingerprint density at radius 1 is 1.35 bits per heavy atom. The maximum absolute atomic E-state index is 5.21. The first-order chi connectivity index (χ1) is 9.85. The second-order valence-corrected chi connectivity index (χ2v) is 5.57. The summed E-state index contributed by atoms with van der Waals surface area (Å²) in [6.07, 6.45) is 5.96. The zero-order valence-corrected chi connectivity index (χ0v) is 12.0. The van der Waals surface area contributed by atoms with Crippen LogP contribution in [0.3, 0.4) is 0 Å². The fraction of sp³-hybridized carbons (Fsp3) is 0.286. The lowest BCUT2D eigenvalue weighted by Gasteiger charge is -1.97. The van der Waals surface area contributed by atoms with Crippen LogP contribution in [0.1, 0.15) is 12.0 Å². The minimum Gasteiger partial charge on any atom is -0.497 e. The Morgan fingerprint density at radius 3 is 3.10 bits per heavy atom. The summed E-state index contributed by atoms with van der Waals surface area (Å²) in [5, 5.41) is 7.73. The maximum atomic E-state index is 5.21. The Morgan fingerprint density at radius 2 is 2.30 bits per heavy atom. The highest BCUT2D eigenvalue weighted by Crippen LogP contribution is 2.23. The zero-order chi connectivity index (χ0) is 13.8. The van der Waals surface area contributed by atoms with Gasteiger partial charge in [-0.25, -0.2) is 4.98 Å². The van der Waals surface area contributed by atoms with E-state index in [1.807, 2.05) is 30.6 Å². The molecule has 1 aromatic carbocycles. The highest BCUT2D eigenvalue weighted by molar-refractivity contribution is 7.99. The van der Waals surface area contributed by atoms with Gasteiger partial charge in [0.1, 0.15) is 5.75 Å². The molecule has 5 nitrogen and oxygen atoms in total. The third-order valence-corrected chi connectivity index (χ3v) is 4.03. The molecule has 104 valence electrons. The van der Waals surface area contributed by atoms with Crippen molar-refractivity contribution in [3.05, 3.63) is 36.2 Å². The monoisotopic (exact) mass is 288 g/mol. The van der Waals surface area contributed by atoms with E-state index in [4.69, 9.17) is 4.74 Å². The van der Waals surface area contributed by atoms with E-state index in [-0.39, 0.29) is 0 Å². The standard InChI is InChI=1S/C14H16N4OS/c1-19-11-4-5-12-13(7-11)18-14(17-12)20-6-2-3-10-8-15-16-9-10/h4-5,7-9H,2-3,6H2,1H3,(H,15,16)(H,17,18). The van der Waals surface area contributed by atoms with Crippen molar-refractivity contribution in [1.82, 2.24) is 20.2 Å². The van der Waals surface area contributed by atoms with E-state index in [1.165, 1.54) is 5.56 Å². The number of aromatic amines is 2. The number of aromatic nitrogens is 4. The summed E-state index contributed by atoms with van der Waals surface area (Å²) in [5.74, 6) is 1.87. The number of fused-ring (bicyclic) bond motifs is 1. The second kappa shape index (κ2) is 6.00. The molecular weight excluding hydrogens is 272 g/mol. The van der Waals surface area contributed by atoms with Crippen molar-refractivity contribution in [1.29, 1.82) is 0 Å². The van der Waals surface area contributed by atoms with Gasteiger partial charge in [-0.2, -0.15) is 5.10 Å². The summed E-state index contributed by atoms with van der Waals surface area (Å²) in [6.45, 7) is 0. The number of methoxy groups -OCH3 is 1. The van der Waals surface area contributed by atoms with Crippen molar-refractivity contribution in [2.75, 3.05) is 12.9 Å². The van der Waals surface area contributed by atoms with Crippen LogP contribution in [-0.4, -0.2) is 33.0 Å². The number of imidazole rings is 1. The van der Waals surface area contributed by atoms with Gasteiger partial charge in [-0.15, -0.1) is 0 Å². The predicted molar refractivity (Wildman–Crippen MR) is 80.3 cm³/mol. The number of nitrogens with zero attached hydrogens (tertiary/aromatic N) is 2. The largest absolute Gasteiger partial charge is 0.497 e. The lowest BCUT2D eigenvalue weighted by molar-refractivity contribution is 0.415. The number of H-pyrrole nitrogens is 2. The first-order valence-electron chi connectivity index (χ1n) is 6.49. The van der Waals surface area contributed by atoms with Gasteiger partial charge < -0.3 is 9.72 Å². The van der Waals surface area contributed by atoms with Crippen LogP contribution in [0, 0.1) is 0 Å². The van der Waals surface area contributed by atoms with Crippen LogP contribution in [0.5, 0.6) is 5.75 Å². The average Bonchev–Trinajstić information content (AvgIpc) is 3.11. The summed E-state index contributed by atoms with van der Waals surface area (Å²) >= 11 is 1.74. The fourth-order valence-electron chi connectivity index (χ4n) is 2.02. The summed E-state index contributed by atoms with van der Waals surface area (Å²) in [4.78, 5) is 7.87. The molecule has 3 aromatic rings. The number of thioether (sulfide) groups is 1. The predicted octanol–water partition coefficient (Wildman–Crippen LogP) is 3.02. The first-order valence-corrected chi connectivity index (χ1v) is 7.48. The van der Waals surface area contributed by atoms with Crippen molar-refractivity contribution in [3.63, 3.8) is 0 Å².